The van der Waals surface area contributed by atoms with E-state index in [2.05, 4.69) is 31.2 Å². The number of aromatic nitrogens is 2. The first kappa shape index (κ1) is 16.6. The molecule has 0 saturated carbocycles. The number of pyridine rings is 2. The second-order valence-corrected chi connectivity index (χ2v) is 5.53. The third-order valence-corrected chi connectivity index (χ3v) is 3.59. The Bertz CT molecular complexity index is 676. The van der Waals surface area contributed by atoms with E-state index in [-0.39, 0.29) is 17.4 Å². The Morgan fingerprint density at radius 3 is 3.00 bits per heavy atom. The number of halogens is 1. The van der Waals surface area contributed by atoms with Gasteiger partial charge in [-0.3, -0.25) is 9.78 Å². The number of nitrogens with zero attached hydrogens (tertiary/aromatic N) is 2. The first-order chi connectivity index (χ1) is 10.5. The Labute approximate surface area is 137 Å². The van der Waals surface area contributed by atoms with Crippen molar-refractivity contribution in [3.63, 3.8) is 0 Å². The minimum atomic E-state index is -1.32. The second kappa shape index (κ2) is 7.51. The van der Waals surface area contributed by atoms with E-state index < -0.39 is 6.29 Å². The van der Waals surface area contributed by atoms with Gasteiger partial charge in [0.15, 0.2) is 11.4 Å². The van der Waals surface area contributed by atoms with Crippen LogP contribution in [0.25, 0.3) is 10.9 Å². The molecule has 1 unspecified atom stereocenters. The van der Waals surface area contributed by atoms with Crippen molar-refractivity contribution in [1.82, 2.24) is 15.3 Å². The number of hydrogen-bond donors (Lipinski definition) is 1. The summed E-state index contributed by atoms with van der Waals surface area (Å²) in [5.74, 6) is -0.257. The molecule has 0 radical (unpaired) electrons. The number of carbonyl (C=O) groups is 1. The van der Waals surface area contributed by atoms with E-state index >= 15 is 0 Å². The van der Waals surface area contributed by atoms with Crippen molar-refractivity contribution in [2.45, 2.75) is 33.0 Å². The van der Waals surface area contributed by atoms with E-state index in [1.54, 1.807) is 18.3 Å². The van der Waals surface area contributed by atoms with E-state index in [1.807, 2.05) is 6.92 Å². The molecule has 1 amide bonds. The molecular weight excluding hydrogens is 350 g/mol. The number of amides is 1. The van der Waals surface area contributed by atoms with E-state index in [9.17, 15) is 9.90 Å². The van der Waals surface area contributed by atoms with Crippen LogP contribution >= 0.6 is 15.9 Å². The van der Waals surface area contributed by atoms with Crippen LogP contribution in [0.2, 0.25) is 0 Å². The Kier molecular flexibility index (Phi) is 5.68. The molecule has 2 aromatic rings. The monoisotopic (exact) mass is 366 g/mol. The van der Waals surface area contributed by atoms with E-state index in [0.29, 0.717) is 22.1 Å². The fraction of sp³-hybridized carbons (Fsp3) is 0.400. The van der Waals surface area contributed by atoms with Gasteiger partial charge in [-0.15, -0.1) is 0 Å². The molecule has 22 heavy (non-hydrogen) atoms. The van der Waals surface area contributed by atoms with E-state index in [0.717, 1.165) is 12.8 Å². The van der Waals surface area contributed by atoms with Gasteiger partial charge >= 0.3 is 0 Å². The van der Waals surface area contributed by atoms with E-state index in [4.69, 9.17) is 4.74 Å². The van der Waals surface area contributed by atoms with Crippen LogP contribution in [0.5, 0.6) is 5.75 Å². The van der Waals surface area contributed by atoms with Gasteiger partial charge in [0.25, 0.3) is 5.91 Å². The molecule has 6 nitrogen and oxygen atoms in total. The van der Waals surface area contributed by atoms with Crippen molar-refractivity contribution in [3.8, 4) is 5.75 Å². The van der Waals surface area contributed by atoms with Crippen molar-refractivity contribution < 1.29 is 14.6 Å². The van der Waals surface area contributed by atoms with Gasteiger partial charge in [-0.25, -0.2) is 4.98 Å². The average molecular weight is 367 g/mol. The maximum atomic E-state index is 12.3. The first-order valence-electron chi connectivity index (χ1n) is 7.09. The molecular formula is C15H17BrN3O3-. The molecule has 2 heterocycles. The highest BCUT2D eigenvalue weighted by Gasteiger charge is 2.20. The minimum absolute atomic E-state index is 0.0666. The number of unbranched alkanes of at least 4 members (excludes halogenated alkanes) is 1. The summed E-state index contributed by atoms with van der Waals surface area (Å²) in [5.41, 5.74) is 0.504. The summed E-state index contributed by atoms with van der Waals surface area (Å²) in [6.45, 7) is 3.94. The van der Waals surface area contributed by atoms with Crippen molar-refractivity contribution in [2.75, 3.05) is 6.54 Å². The smallest absolute Gasteiger partial charge is 0.273 e. The summed E-state index contributed by atoms with van der Waals surface area (Å²) in [5, 5.41) is 14.9. The van der Waals surface area contributed by atoms with Crippen molar-refractivity contribution in [1.29, 1.82) is 0 Å². The van der Waals surface area contributed by atoms with Gasteiger partial charge in [-0.1, -0.05) is 13.3 Å². The van der Waals surface area contributed by atoms with Crippen LogP contribution in [0, 0.1) is 0 Å². The normalized spacial score (nSPS) is 12.2. The molecule has 118 valence electrons. The Balaban J connectivity index is 2.49. The predicted molar refractivity (Wildman–Crippen MR) is 84.6 cm³/mol. The SMILES string of the molecule is CCCCNC(=O)c1nc(Br)c2cccnc2c1OC(C)[O-]. The molecule has 0 saturated heterocycles. The third kappa shape index (κ3) is 3.72. The zero-order valence-electron chi connectivity index (χ0n) is 12.4. The second-order valence-electron chi connectivity index (χ2n) is 4.77. The largest absolute Gasteiger partial charge is 0.822 e. The highest BCUT2D eigenvalue weighted by molar-refractivity contribution is 9.10. The zero-order chi connectivity index (χ0) is 16.1. The molecule has 0 aliphatic rings. The van der Waals surface area contributed by atoms with Crippen LogP contribution in [-0.2, 0) is 0 Å². The van der Waals surface area contributed by atoms with Gasteiger partial charge in [0, 0.05) is 24.4 Å². The molecule has 1 atom stereocenters. The lowest BCUT2D eigenvalue weighted by molar-refractivity contribution is -0.466. The molecule has 0 fully saturated rings. The number of rotatable bonds is 6. The third-order valence-electron chi connectivity index (χ3n) is 2.98. The summed E-state index contributed by atoms with van der Waals surface area (Å²) >= 11 is 3.33. The maximum Gasteiger partial charge on any atom is 0.273 e. The lowest BCUT2D eigenvalue weighted by Gasteiger charge is -2.21. The topological polar surface area (TPSA) is 87.2 Å². The average Bonchev–Trinajstić information content (AvgIpc) is 2.50. The quantitative estimate of drug-likeness (QED) is 0.480. The summed E-state index contributed by atoms with van der Waals surface area (Å²) in [7, 11) is 0. The van der Waals surface area contributed by atoms with Crippen LogP contribution in [0.15, 0.2) is 22.9 Å². The summed E-state index contributed by atoms with van der Waals surface area (Å²) in [4.78, 5) is 20.8. The Morgan fingerprint density at radius 1 is 1.55 bits per heavy atom. The van der Waals surface area contributed by atoms with Crippen LogP contribution in [-0.4, -0.2) is 28.7 Å². The molecule has 0 aliphatic carbocycles. The first-order valence-corrected chi connectivity index (χ1v) is 7.88. The fourth-order valence-electron chi connectivity index (χ4n) is 1.97. The van der Waals surface area contributed by atoms with Crippen molar-refractivity contribution >= 4 is 32.7 Å². The molecule has 1 N–H and O–H groups in total. The van der Waals surface area contributed by atoms with Gasteiger partial charge < -0.3 is 15.2 Å². The summed E-state index contributed by atoms with van der Waals surface area (Å²) < 4.78 is 5.77. The highest BCUT2D eigenvalue weighted by Crippen LogP contribution is 2.31. The summed E-state index contributed by atoms with van der Waals surface area (Å²) in [6, 6.07) is 3.54. The number of ether oxygens (including phenoxy) is 1. The maximum absolute atomic E-state index is 12.3. The van der Waals surface area contributed by atoms with Gasteiger partial charge in [-0.2, -0.15) is 0 Å². The molecule has 0 bridgehead atoms. The molecule has 7 heteroatoms. The molecule has 0 spiro atoms. The van der Waals surface area contributed by atoms with Gasteiger partial charge in [0.05, 0.1) is 0 Å². The van der Waals surface area contributed by atoms with Crippen molar-refractivity contribution in [3.05, 3.63) is 28.6 Å². The van der Waals surface area contributed by atoms with Crippen LogP contribution in [0.3, 0.4) is 0 Å². The predicted octanol–water partition coefficient (Wildman–Crippen LogP) is 2.01. The number of carbonyl (C=O) groups excluding carboxylic acids is 1. The molecule has 2 aromatic heterocycles. The van der Waals surface area contributed by atoms with Crippen LogP contribution in [0.1, 0.15) is 37.2 Å². The zero-order valence-corrected chi connectivity index (χ0v) is 14.0. The molecule has 0 aromatic carbocycles. The van der Waals surface area contributed by atoms with Gasteiger partial charge in [-0.05, 0) is 41.4 Å². The number of nitrogens with one attached hydrogen (secondary N) is 1. The number of hydrogen-bond acceptors (Lipinski definition) is 5. The molecule has 2 rings (SSSR count). The van der Waals surface area contributed by atoms with Gasteiger partial charge in [0.1, 0.15) is 10.1 Å². The number of fused-ring (bicyclic) bond motifs is 1. The molecule has 0 aliphatic heterocycles. The van der Waals surface area contributed by atoms with Crippen LogP contribution in [0.4, 0.5) is 0 Å². The minimum Gasteiger partial charge on any atom is -0.822 e. The van der Waals surface area contributed by atoms with E-state index in [1.165, 1.54) is 6.92 Å². The van der Waals surface area contributed by atoms with Crippen LogP contribution < -0.4 is 15.2 Å². The Hall–Kier alpha value is -1.73. The summed E-state index contributed by atoms with van der Waals surface area (Å²) in [6.07, 6.45) is 2.09. The van der Waals surface area contributed by atoms with Gasteiger partial charge in [0.2, 0.25) is 0 Å². The Morgan fingerprint density at radius 2 is 2.32 bits per heavy atom. The fourth-order valence-corrected chi connectivity index (χ4v) is 2.47. The van der Waals surface area contributed by atoms with Crippen molar-refractivity contribution in [2.24, 2.45) is 0 Å². The lowest BCUT2D eigenvalue weighted by atomic mass is 10.2. The lowest BCUT2D eigenvalue weighted by Crippen LogP contribution is -2.31. The standard InChI is InChI=1S/C15H17BrN3O3/c1-3-4-7-18-15(21)12-13(22-9(2)20)11-10(14(16)19-12)6-5-8-17-11/h5-6,8-9H,3-4,7H2,1-2H3,(H,18,21)/q-1. The highest BCUT2D eigenvalue weighted by atomic mass is 79.9.